The molecule has 0 saturated carbocycles. The number of hydrogen-bond donors (Lipinski definition) is 0. The third-order valence-corrected chi connectivity index (χ3v) is 5.46. The minimum Gasteiger partial charge on any atom is -0.490 e. The maximum atomic E-state index is 12.2. The van der Waals surface area contributed by atoms with Gasteiger partial charge in [0.2, 0.25) is 0 Å². The second-order valence-electron chi connectivity index (χ2n) is 7.32. The fourth-order valence-corrected chi connectivity index (χ4v) is 3.96. The van der Waals surface area contributed by atoms with E-state index < -0.39 is 0 Å². The van der Waals surface area contributed by atoms with Crippen molar-refractivity contribution in [2.45, 2.75) is 19.4 Å². The molecule has 0 aliphatic carbocycles. The summed E-state index contributed by atoms with van der Waals surface area (Å²) >= 11 is 0. The van der Waals surface area contributed by atoms with Crippen molar-refractivity contribution in [2.75, 3.05) is 18.1 Å². The summed E-state index contributed by atoms with van der Waals surface area (Å²) < 4.78 is 7.68. The Morgan fingerprint density at radius 3 is 2.90 bits per heavy atom. The molecule has 5 rings (SSSR count). The number of fused-ring (bicyclic) bond motifs is 2. The topological polar surface area (TPSA) is 77.3 Å². The molecule has 1 amide bonds. The Labute approximate surface area is 173 Å². The first-order valence-corrected chi connectivity index (χ1v) is 9.92. The van der Waals surface area contributed by atoms with Crippen LogP contribution < -0.4 is 9.64 Å². The summed E-state index contributed by atoms with van der Waals surface area (Å²) in [6.45, 7) is 5.33. The molecule has 7 heteroatoms. The van der Waals surface area contributed by atoms with Crippen LogP contribution in [0.4, 0.5) is 5.69 Å². The number of benzene rings is 1. The molecule has 2 aromatic heterocycles. The van der Waals surface area contributed by atoms with Gasteiger partial charge in [-0.2, -0.15) is 0 Å². The average molecular weight is 400 g/mol. The fraction of sp³-hybridized carbons (Fsp3) is 0.217. The van der Waals surface area contributed by atoms with Gasteiger partial charge in [0.1, 0.15) is 12.4 Å². The Balaban J connectivity index is 1.53. The van der Waals surface area contributed by atoms with Crippen LogP contribution in [0.25, 0.3) is 22.6 Å². The summed E-state index contributed by atoms with van der Waals surface area (Å²) in [4.78, 5) is 35.2. The number of aryl methyl sites for hydroxylation is 1. The minimum absolute atomic E-state index is 0.170. The Kier molecular flexibility index (Phi) is 4.43. The van der Waals surface area contributed by atoms with E-state index in [1.807, 2.05) is 41.1 Å². The standard InChI is InChI=1S/C23H20N4O3/c1-2-22(29)27-10-11-30-21-6-5-15(12-19(21)27)23-24-8-7-17(25-23)16-13-18-20(28)4-3-9-26(18)14-16/h2,5-8,12-14H,1,3-4,9-11H2. The van der Waals surface area contributed by atoms with E-state index in [0.29, 0.717) is 36.8 Å². The van der Waals surface area contributed by atoms with Gasteiger partial charge in [0.25, 0.3) is 5.91 Å². The Hall–Kier alpha value is -3.74. The second kappa shape index (κ2) is 7.26. The number of hydrogen-bond acceptors (Lipinski definition) is 5. The van der Waals surface area contributed by atoms with Crippen LogP contribution in [0.2, 0.25) is 0 Å². The van der Waals surface area contributed by atoms with Crippen molar-refractivity contribution in [3.8, 4) is 28.4 Å². The summed E-state index contributed by atoms with van der Waals surface area (Å²) in [6.07, 6.45) is 6.44. The van der Waals surface area contributed by atoms with Gasteiger partial charge in [-0.25, -0.2) is 9.97 Å². The molecule has 0 bridgehead atoms. The molecule has 0 N–H and O–H groups in total. The molecule has 4 heterocycles. The van der Waals surface area contributed by atoms with E-state index >= 15 is 0 Å². The predicted octanol–water partition coefficient (Wildman–Crippen LogP) is 3.50. The molecule has 7 nitrogen and oxygen atoms in total. The first-order chi connectivity index (χ1) is 14.6. The van der Waals surface area contributed by atoms with Crippen LogP contribution in [0.15, 0.2) is 55.4 Å². The van der Waals surface area contributed by atoms with Gasteiger partial charge in [0.15, 0.2) is 11.6 Å². The molecule has 0 spiro atoms. The van der Waals surface area contributed by atoms with Crippen LogP contribution in [0, 0.1) is 0 Å². The molecule has 0 saturated heterocycles. The smallest absolute Gasteiger partial charge is 0.250 e. The maximum Gasteiger partial charge on any atom is 0.250 e. The summed E-state index contributed by atoms with van der Waals surface area (Å²) in [5, 5.41) is 0. The number of aromatic nitrogens is 3. The third kappa shape index (κ3) is 3.08. The Morgan fingerprint density at radius 2 is 2.07 bits per heavy atom. The Morgan fingerprint density at radius 1 is 1.17 bits per heavy atom. The number of ketones is 1. The van der Waals surface area contributed by atoms with E-state index in [4.69, 9.17) is 9.72 Å². The summed E-state index contributed by atoms with van der Waals surface area (Å²) in [6, 6.07) is 9.32. The fourth-order valence-electron chi connectivity index (χ4n) is 3.96. The highest BCUT2D eigenvalue weighted by Gasteiger charge is 2.23. The monoisotopic (exact) mass is 400 g/mol. The number of ether oxygens (including phenoxy) is 1. The largest absolute Gasteiger partial charge is 0.490 e. The molecule has 30 heavy (non-hydrogen) atoms. The molecular weight excluding hydrogens is 380 g/mol. The lowest BCUT2D eigenvalue weighted by Gasteiger charge is -2.29. The minimum atomic E-state index is -0.171. The molecule has 0 radical (unpaired) electrons. The number of nitrogens with zero attached hydrogens (tertiary/aromatic N) is 4. The summed E-state index contributed by atoms with van der Waals surface area (Å²) in [5.41, 5.74) is 3.85. The van der Waals surface area contributed by atoms with Crippen molar-refractivity contribution >= 4 is 17.4 Å². The highest BCUT2D eigenvalue weighted by molar-refractivity contribution is 6.02. The lowest BCUT2D eigenvalue weighted by molar-refractivity contribution is -0.114. The van der Waals surface area contributed by atoms with E-state index in [1.165, 1.54) is 6.08 Å². The number of anilines is 1. The highest BCUT2D eigenvalue weighted by atomic mass is 16.5. The molecule has 150 valence electrons. The quantitative estimate of drug-likeness (QED) is 0.629. The van der Waals surface area contributed by atoms with Gasteiger partial charge < -0.3 is 14.2 Å². The molecular formula is C23H20N4O3. The van der Waals surface area contributed by atoms with Crippen molar-refractivity contribution < 1.29 is 14.3 Å². The first-order valence-electron chi connectivity index (χ1n) is 9.92. The first kappa shape index (κ1) is 18.3. The van der Waals surface area contributed by atoms with Crippen LogP contribution in [0.3, 0.4) is 0 Å². The zero-order chi connectivity index (χ0) is 20.7. The van der Waals surface area contributed by atoms with Gasteiger partial charge in [-0.1, -0.05) is 6.58 Å². The molecule has 2 aliphatic heterocycles. The van der Waals surface area contributed by atoms with E-state index in [-0.39, 0.29) is 11.7 Å². The van der Waals surface area contributed by atoms with Crippen molar-refractivity contribution in [2.24, 2.45) is 0 Å². The van der Waals surface area contributed by atoms with Crippen molar-refractivity contribution in [3.05, 3.63) is 61.1 Å². The van der Waals surface area contributed by atoms with Gasteiger partial charge >= 0.3 is 0 Å². The van der Waals surface area contributed by atoms with E-state index in [0.717, 1.165) is 35.5 Å². The average Bonchev–Trinajstić information content (AvgIpc) is 3.24. The van der Waals surface area contributed by atoms with Crippen molar-refractivity contribution in [3.63, 3.8) is 0 Å². The van der Waals surface area contributed by atoms with E-state index in [2.05, 4.69) is 11.6 Å². The van der Waals surface area contributed by atoms with E-state index in [1.54, 1.807) is 11.1 Å². The molecule has 1 aromatic carbocycles. The lowest BCUT2D eigenvalue weighted by atomic mass is 10.1. The second-order valence-corrected chi connectivity index (χ2v) is 7.32. The summed E-state index contributed by atoms with van der Waals surface area (Å²) in [5.74, 6) is 1.19. The normalized spacial score (nSPS) is 15.2. The molecule has 0 atom stereocenters. The third-order valence-electron chi connectivity index (χ3n) is 5.46. The zero-order valence-corrected chi connectivity index (χ0v) is 16.4. The molecule has 2 aliphatic rings. The van der Waals surface area contributed by atoms with Gasteiger partial charge in [-0.15, -0.1) is 0 Å². The van der Waals surface area contributed by atoms with Crippen LogP contribution >= 0.6 is 0 Å². The lowest BCUT2D eigenvalue weighted by Crippen LogP contribution is -2.36. The van der Waals surface area contributed by atoms with E-state index in [9.17, 15) is 9.59 Å². The van der Waals surface area contributed by atoms with Crippen molar-refractivity contribution in [1.29, 1.82) is 0 Å². The van der Waals surface area contributed by atoms with Crippen LogP contribution in [0.1, 0.15) is 23.3 Å². The molecule has 3 aromatic rings. The Bertz CT molecular complexity index is 1180. The molecule has 0 fully saturated rings. The van der Waals surface area contributed by atoms with Crippen LogP contribution in [0.5, 0.6) is 5.75 Å². The zero-order valence-electron chi connectivity index (χ0n) is 16.4. The summed E-state index contributed by atoms with van der Waals surface area (Å²) in [7, 11) is 0. The van der Waals surface area contributed by atoms with Gasteiger partial charge in [-0.3, -0.25) is 9.59 Å². The SMILES string of the molecule is C=CC(=O)N1CCOc2ccc(-c3nccc(-c4cc5n(c4)CCCC5=O)n3)cc21. The van der Waals surface area contributed by atoms with Crippen LogP contribution in [-0.4, -0.2) is 39.4 Å². The van der Waals surface area contributed by atoms with Crippen molar-refractivity contribution in [1.82, 2.24) is 14.5 Å². The number of Topliss-reactive ketones (excluding diaryl/α,β-unsaturated/α-hetero) is 1. The highest BCUT2D eigenvalue weighted by Crippen LogP contribution is 2.35. The molecule has 0 unspecified atom stereocenters. The van der Waals surface area contributed by atoms with Gasteiger partial charge in [-0.05, 0) is 42.8 Å². The number of amides is 1. The number of rotatable bonds is 3. The van der Waals surface area contributed by atoms with Gasteiger partial charge in [0, 0.05) is 36.5 Å². The maximum absolute atomic E-state index is 12.2. The number of carbonyl (C=O) groups excluding carboxylic acids is 2. The van der Waals surface area contributed by atoms with Crippen LogP contribution in [-0.2, 0) is 11.3 Å². The number of carbonyl (C=O) groups is 2. The predicted molar refractivity (Wildman–Crippen MR) is 113 cm³/mol. The van der Waals surface area contributed by atoms with Gasteiger partial charge in [0.05, 0.1) is 23.6 Å².